The van der Waals surface area contributed by atoms with Gasteiger partial charge in [-0.15, -0.1) is 0 Å². The molecule has 112 valence electrons. The number of aliphatic hydroxyl groups excluding tert-OH is 1. The van der Waals surface area contributed by atoms with Gasteiger partial charge in [-0.1, -0.05) is 0 Å². The topological polar surface area (TPSA) is 71.2 Å². The first-order valence-electron chi connectivity index (χ1n) is 6.94. The molecule has 6 nitrogen and oxygen atoms in total. The fourth-order valence-corrected chi connectivity index (χ4v) is 2.09. The molecule has 0 aromatic carbocycles. The number of aromatic nitrogens is 3. The first-order valence-corrected chi connectivity index (χ1v) is 6.94. The molecule has 2 rings (SSSR count). The van der Waals surface area contributed by atoms with E-state index in [9.17, 15) is 4.79 Å². The van der Waals surface area contributed by atoms with E-state index in [1.165, 1.54) is 0 Å². The molecule has 21 heavy (non-hydrogen) atoms. The molecule has 2 heterocycles. The van der Waals surface area contributed by atoms with Crippen LogP contribution in [0, 0.1) is 0 Å². The molecule has 0 unspecified atom stereocenters. The Labute approximate surface area is 124 Å². The molecule has 2 aromatic rings. The maximum absolute atomic E-state index is 12.3. The van der Waals surface area contributed by atoms with Crippen molar-refractivity contribution in [1.82, 2.24) is 19.4 Å². The zero-order valence-corrected chi connectivity index (χ0v) is 12.1. The molecule has 0 radical (unpaired) electrons. The van der Waals surface area contributed by atoms with Gasteiger partial charge in [0.05, 0.1) is 13.2 Å². The number of pyridine rings is 1. The van der Waals surface area contributed by atoms with Crippen molar-refractivity contribution in [2.24, 2.45) is 7.05 Å². The highest BCUT2D eigenvalue weighted by Crippen LogP contribution is 2.07. The van der Waals surface area contributed by atoms with Gasteiger partial charge in [0.1, 0.15) is 5.82 Å². The monoisotopic (exact) mass is 288 g/mol. The number of hydrogen-bond acceptors (Lipinski definition) is 4. The summed E-state index contributed by atoms with van der Waals surface area (Å²) in [6.45, 7) is 0.687. The molecule has 0 bridgehead atoms. The number of nitrogens with zero attached hydrogens (tertiary/aromatic N) is 4. The average molecular weight is 288 g/mol. The van der Waals surface area contributed by atoms with E-state index in [4.69, 9.17) is 5.11 Å². The van der Waals surface area contributed by atoms with Crippen molar-refractivity contribution in [1.29, 1.82) is 0 Å². The highest BCUT2D eigenvalue weighted by atomic mass is 16.3. The van der Waals surface area contributed by atoms with E-state index in [1.54, 1.807) is 23.5 Å². The number of imidazole rings is 1. The third-order valence-electron chi connectivity index (χ3n) is 3.35. The standard InChI is InChI=1S/C15H20N4O2/c1-18-9-8-17-14(18)12-19(10-11-20)15(21)3-2-13-4-6-16-7-5-13/h4-9,20H,2-3,10-12H2,1H3. The van der Waals surface area contributed by atoms with E-state index >= 15 is 0 Å². The van der Waals surface area contributed by atoms with Gasteiger partial charge in [-0.05, 0) is 24.1 Å². The molecule has 0 aliphatic rings. The summed E-state index contributed by atoms with van der Waals surface area (Å²) >= 11 is 0. The van der Waals surface area contributed by atoms with Crippen LogP contribution in [0.3, 0.4) is 0 Å². The van der Waals surface area contributed by atoms with Crippen LogP contribution in [0.5, 0.6) is 0 Å². The lowest BCUT2D eigenvalue weighted by Gasteiger charge is -2.21. The molecule has 6 heteroatoms. The number of carbonyl (C=O) groups excluding carboxylic acids is 1. The molecule has 0 aliphatic carbocycles. The number of aliphatic hydroxyl groups is 1. The molecule has 2 aromatic heterocycles. The van der Waals surface area contributed by atoms with E-state index in [0.717, 1.165) is 11.4 Å². The van der Waals surface area contributed by atoms with Crippen LogP contribution in [-0.4, -0.2) is 43.6 Å². The molecule has 0 saturated carbocycles. The second-order valence-electron chi connectivity index (χ2n) is 4.85. The molecule has 0 saturated heterocycles. The molecule has 0 fully saturated rings. The molecular weight excluding hydrogens is 268 g/mol. The van der Waals surface area contributed by atoms with Gasteiger partial charge >= 0.3 is 0 Å². The van der Waals surface area contributed by atoms with Crippen LogP contribution in [0.4, 0.5) is 0 Å². The third kappa shape index (κ3) is 4.39. The van der Waals surface area contributed by atoms with Crippen molar-refractivity contribution in [3.8, 4) is 0 Å². The predicted molar refractivity (Wildman–Crippen MR) is 78.3 cm³/mol. The minimum atomic E-state index is -0.0502. The first kappa shape index (κ1) is 15.2. The Morgan fingerprint density at radius 1 is 1.33 bits per heavy atom. The molecule has 0 aliphatic heterocycles. The predicted octanol–water partition coefficient (Wildman–Crippen LogP) is 0.769. The van der Waals surface area contributed by atoms with Crippen LogP contribution in [0.25, 0.3) is 0 Å². The second-order valence-corrected chi connectivity index (χ2v) is 4.85. The summed E-state index contributed by atoms with van der Waals surface area (Å²) in [7, 11) is 1.89. The summed E-state index contributed by atoms with van der Waals surface area (Å²) in [6, 6.07) is 3.81. The number of rotatable bonds is 7. The van der Waals surface area contributed by atoms with Crippen LogP contribution >= 0.6 is 0 Å². The number of carbonyl (C=O) groups is 1. The minimum Gasteiger partial charge on any atom is -0.395 e. The Balaban J connectivity index is 1.94. The third-order valence-corrected chi connectivity index (χ3v) is 3.35. The molecule has 1 amide bonds. The van der Waals surface area contributed by atoms with Crippen molar-refractivity contribution < 1.29 is 9.90 Å². The SMILES string of the molecule is Cn1ccnc1CN(CCO)C(=O)CCc1ccncc1. The van der Waals surface area contributed by atoms with E-state index in [2.05, 4.69) is 9.97 Å². The highest BCUT2D eigenvalue weighted by molar-refractivity contribution is 5.76. The molecule has 0 atom stereocenters. The highest BCUT2D eigenvalue weighted by Gasteiger charge is 2.15. The quantitative estimate of drug-likeness (QED) is 0.817. The number of aryl methyl sites for hydroxylation is 2. The van der Waals surface area contributed by atoms with Crippen LogP contribution in [0.2, 0.25) is 0 Å². The summed E-state index contributed by atoms with van der Waals surface area (Å²) < 4.78 is 1.88. The molecule has 1 N–H and O–H groups in total. The lowest BCUT2D eigenvalue weighted by molar-refractivity contribution is -0.132. The fourth-order valence-electron chi connectivity index (χ4n) is 2.09. The second kappa shape index (κ2) is 7.54. The van der Waals surface area contributed by atoms with Crippen LogP contribution < -0.4 is 0 Å². The van der Waals surface area contributed by atoms with Crippen molar-refractivity contribution in [3.63, 3.8) is 0 Å². The Kier molecular flexibility index (Phi) is 5.45. The van der Waals surface area contributed by atoms with Gasteiger partial charge in [-0.25, -0.2) is 4.98 Å². The van der Waals surface area contributed by atoms with E-state index < -0.39 is 0 Å². The Hall–Kier alpha value is -2.21. The number of amides is 1. The maximum Gasteiger partial charge on any atom is 0.223 e. The Morgan fingerprint density at radius 3 is 2.71 bits per heavy atom. The van der Waals surface area contributed by atoms with Gasteiger partial charge in [-0.3, -0.25) is 9.78 Å². The van der Waals surface area contributed by atoms with Crippen LogP contribution in [0.15, 0.2) is 36.9 Å². The summed E-state index contributed by atoms with van der Waals surface area (Å²) in [5, 5.41) is 9.14. The van der Waals surface area contributed by atoms with Crippen molar-refractivity contribution in [3.05, 3.63) is 48.3 Å². The first-order chi connectivity index (χ1) is 10.2. The summed E-state index contributed by atoms with van der Waals surface area (Å²) in [4.78, 5) is 22.1. The average Bonchev–Trinajstić information content (AvgIpc) is 2.91. The van der Waals surface area contributed by atoms with Crippen LogP contribution in [0.1, 0.15) is 17.8 Å². The van der Waals surface area contributed by atoms with Crippen LogP contribution in [-0.2, 0) is 24.8 Å². The minimum absolute atomic E-state index is 0.0175. The summed E-state index contributed by atoms with van der Waals surface area (Å²) in [5.41, 5.74) is 1.08. The van der Waals surface area contributed by atoms with Gasteiger partial charge < -0.3 is 14.6 Å². The van der Waals surface area contributed by atoms with E-state index in [0.29, 0.717) is 25.9 Å². The lowest BCUT2D eigenvalue weighted by Crippen LogP contribution is -2.34. The van der Waals surface area contributed by atoms with Gasteiger partial charge in [0.25, 0.3) is 0 Å². The summed E-state index contributed by atoms with van der Waals surface area (Å²) in [5.74, 6) is 0.824. The van der Waals surface area contributed by atoms with Gasteiger partial charge in [0.2, 0.25) is 5.91 Å². The smallest absolute Gasteiger partial charge is 0.223 e. The van der Waals surface area contributed by atoms with Crippen molar-refractivity contribution in [2.45, 2.75) is 19.4 Å². The normalized spacial score (nSPS) is 10.6. The van der Waals surface area contributed by atoms with Crippen molar-refractivity contribution >= 4 is 5.91 Å². The van der Waals surface area contributed by atoms with Gasteiger partial charge in [0.15, 0.2) is 0 Å². The maximum atomic E-state index is 12.3. The number of hydrogen-bond donors (Lipinski definition) is 1. The van der Waals surface area contributed by atoms with E-state index in [-0.39, 0.29) is 12.5 Å². The van der Waals surface area contributed by atoms with Gasteiger partial charge in [-0.2, -0.15) is 0 Å². The zero-order valence-electron chi connectivity index (χ0n) is 12.1. The van der Waals surface area contributed by atoms with Gasteiger partial charge in [0, 0.05) is 44.8 Å². The van der Waals surface area contributed by atoms with Crippen molar-refractivity contribution in [2.75, 3.05) is 13.2 Å². The Bertz CT molecular complexity index is 568. The molecular formula is C15H20N4O2. The van der Waals surface area contributed by atoms with E-state index in [1.807, 2.05) is 29.9 Å². The largest absolute Gasteiger partial charge is 0.395 e. The lowest BCUT2D eigenvalue weighted by atomic mass is 10.1. The Morgan fingerprint density at radius 2 is 2.10 bits per heavy atom. The molecule has 0 spiro atoms. The zero-order chi connectivity index (χ0) is 15.1. The fraction of sp³-hybridized carbons (Fsp3) is 0.400. The summed E-state index contributed by atoms with van der Waals surface area (Å²) in [6.07, 6.45) is 8.07.